The van der Waals surface area contributed by atoms with E-state index in [1.54, 1.807) is 25.6 Å². The molecule has 0 saturated carbocycles. The standard InChI is InChI=1S/C15H20N2O2S/c1-4-16-8-7-15-17-12(10-20-15)11-5-6-13(18-2)14(9-11)19-3/h5-6,9-10,16H,4,7-8H2,1-3H3. The zero-order valence-electron chi connectivity index (χ0n) is 12.1. The summed E-state index contributed by atoms with van der Waals surface area (Å²) in [6, 6.07) is 5.87. The van der Waals surface area contributed by atoms with Crippen molar-refractivity contribution in [1.82, 2.24) is 10.3 Å². The highest BCUT2D eigenvalue weighted by atomic mass is 32.1. The normalized spacial score (nSPS) is 10.6. The maximum atomic E-state index is 5.33. The number of nitrogens with one attached hydrogen (secondary N) is 1. The Morgan fingerprint density at radius 2 is 2.00 bits per heavy atom. The number of hydrogen-bond donors (Lipinski definition) is 1. The van der Waals surface area contributed by atoms with Gasteiger partial charge >= 0.3 is 0 Å². The summed E-state index contributed by atoms with van der Waals surface area (Å²) in [7, 11) is 3.28. The van der Waals surface area contributed by atoms with Crippen LogP contribution in [0, 0.1) is 0 Å². The smallest absolute Gasteiger partial charge is 0.161 e. The Labute approximate surface area is 123 Å². The Kier molecular flexibility index (Phi) is 5.38. The molecule has 5 heteroatoms. The molecule has 0 radical (unpaired) electrons. The summed E-state index contributed by atoms with van der Waals surface area (Å²) in [6.07, 6.45) is 0.964. The van der Waals surface area contributed by atoms with Crippen LogP contribution in [0.1, 0.15) is 11.9 Å². The molecule has 2 rings (SSSR count). The first-order valence-electron chi connectivity index (χ1n) is 6.66. The average Bonchev–Trinajstić information content (AvgIpc) is 2.95. The van der Waals surface area contributed by atoms with Crippen LogP contribution in [0.4, 0.5) is 0 Å². The van der Waals surface area contributed by atoms with Gasteiger partial charge in [-0.2, -0.15) is 0 Å². The quantitative estimate of drug-likeness (QED) is 0.797. The summed E-state index contributed by atoms with van der Waals surface area (Å²) in [4.78, 5) is 4.67. The van der Waals surface area contributed by atoms with Gasteiger partial charge in [0.25, 0.3) is 0 Å². The number of likely N-dealkylation sites (N-methyl/N-ethyl adjacent to an activating group) is 1. The first-order valence-corrected chi connectivity index (χ1v) is 7.54. The summed E-state index contributed by atoms with van der Waals surface area (Å²) in [5, 5.41) is 6.54. The highest BCUT2D eigenvalue weighted by molar-refractivity contribution is 7.09. The predicted molar refractivity (Wildman–Crippen MR) is 82.9 cm³/mol. The fourth-order valence-electron chi connectivity index (χ4n) is 1.93. The van der Waals surface area contributed by atoms with Crippen molar-refractivity contribution in [1.29, 1.82) is 0 Å². The molecular weight excluding hydrogens is 272 g/mol. The van der Waals surface area contributed by atoms with E-state index in [1.807, 2.05) is 18.2 Å². The van der Waals surface area contributed by atoms with Crippen LogP contribution in [0.25, 0.3) is 11.3 Å². The van der Waals surface area contributed by atoms with Crippen LogP contribution in [0.2, 0.25) is 0 Å². The lowest BCUT2D eigenvalue weighted by Crippen LogP contribution is -2.15. The fraction of sp³-hybridized carbons (Fsp3) is 0.400. The van der Waals surface area contributed by atoms with Gasteiger partial charge < -0.3 is 14.8 Å². The molecule has 1 N–H and O–H groups in total. The van der Waals surface area contributed by atoms with Crippen LogP contribution in [-0.4, -0.2) is 32.3 Å². The number of methoxy groups -OCH3 is 2. The van der Waals surface area contributed by atoms with Crippen LogP contribution in [0.5, 0.6) is 11.5 Å². The molecule has 1 aromatic carbocycles. The molecule has 0 fully saturated rings. The van der Waals surface area contributed by atoms with Gasteiger partial charge in [-0.15, -0.1) is 11.3 Å². The summed E-state index contributed by atoms with van der Waals surface area (Å²) in [5.74, 6) is 1.46. The van der Waals surface area contributed by atoms with E-state index in [4.69, 9.17) is 9.47 Å². The van der Waals surface area contributed by atoms with Gasteiger partial charge in [-0.05, 0) is 24.7 Å². The molecule has 20 heavy (non-hydrogen) atoms. The lowest BCUT2D eigenvalue weighted by Gasteiger charge is -2.08. The molecule has 0 saturated heterocycles. The minimum atomic E-state index is 0.729. The molecule has 0 aliphatic heterocycles. The van der Waals surface area contributed by atoms with Gasteiger partial charge in [-0.1, -0.05) is 6.92 Å². The predicted octanol–water partition coefficient (Wildman–Crippen LogP) is 2.98. The Balaban J connectivity index is 2.15. The number of aromatic nitrogens is 1. The van der Waals surface area contributed by atoms with Gasteiger partial charge in [0.2, 0.25) is 0 Å². The van der Waals surface area contributed by atoms with Crippen molar-refractivity contribution < 1.29 is 9.47 Å². The maximum absolute atomic E-state index is 5.33. The van der Waals surface area contributed by atoms with E-state index in [-0.39, 0.29) is 0 Å². The number of hydrogen-bond acceptors (Lipinski definition) is 5. The number of thiazole rings is 1. The van der Waals surface area contributed by atoms with Crippen LogP contribution in [0.3, 0.4) is 0 Å². The van der Waals surface area contributed by atoms with E-state index in [0.717, 1.165) is 47.3 Å². The van der Waals surface area contributed by atoms with Crippen molar-refractivity contribution in [3.8, 4) is 22.8 Å². The Morgan fingerprint density at radius 3 is 2.70 bits per heavy atom. The third kappa shape index (κ3) is 3.49. The van der Waals surface area contributed by atoms with Crippen LogP contribution in [-0.2, 0) is 6.42 Å². The molecule has 0 amide bonds. The maximum Gasteiger partial charge on any atom is 0.161 e. The van der Waals surface area contributed by atoms with Crippen molar-refractivity contribution >= 4 is 11.3 Å². The number of nitrogens with zero attached hydrogens (tertiary/aromatic N) is 1. The molecule has 0 unspecified atom stereocenters. The molecule has 1 heterocycles. The average molecular weight is 292 g/mol. The first-order chi connectivity index (χ1) is 9.78. The molecular formula is C15H20N2O2S. The van der Waals surface area contributed by atoms with E-state index >= 15 is 0 Å². The Morgan fingerprint density at radius 1 is 1.20 bits per heavy atom. The van der Waals surface area contributed by atoms with Crippen molar-refractivity contribution in [2.75, 3.05) is 27.3 Å². The van der Waals surface area contributed by atoms with Crippen molar-refractivity contribution in [3.63, 3.8) is 0 Å². The van der Waals surface area contributed by atoms with Crippen LogP contribution in [0.15, 0.2) is 23.6 Å². The molecule has 4 nitrogen and oxygen atoms in total. The summed E-state index contributed by atoms with van der Waals surface area (Å²) < 4.78 is 10.6. The van der Waals surface area contributed by atoms with Crippen molar-refractivity contribution in [2.45, 2.75) is 13.3 Å². The fourth-order valence-corrected chi connectivity index (χ4v) is 2.73. The zero-order chi connectivity index (χ0) is 14.4. The SMILES string of the molecule is CCNCCc1nc(-c2ccc(OC)c(OC)c2)cs1. The monoisotopic (exact) mass is 292 g/mol. The third-order valence-corrected chi connectivity index (χ3v) is 3.91. The first kappa shape index (κ1) is 14.8. The second-order valence-electron chi connectivity index (χ2n) is 4.30. The van der Waals surface area contributed by atoms with E-state index < -0.39 is 0 Å². The molecule has 0 aliphatic rings. The van der Waals surface area contributed by atoms with E-state index in [0.29, 0.717) is 0 Å². The molecule has 108 valence electrons. The van der Waals surface area contributed by atoms with Gasteiger partial charge in [-0.3, -0.25) is 0 Å². The van der Waals surface area contributed by atoms with Crippen molar-refractivity contribution in [3.05, 3.63) is 28.6 Å². The van der Waals surface area contributed by atoms with Crippen LogP contribution >= 0.6 is 11.3 Å². The third-order valence-electron chi connectivity index (χ3n) is 3.00. The largest absolute Gasteiger partial charge is 0.493 e. The lowest BCUT2D eigenvalue weighted by molar-refractivity contribution is 0.355. The number of ether oxygens (including phenoxy) is 2. The second-order valence-corrected chi connectivity index (χ2v) is 5.24. The molecule has 2 aromatic rings. The molecule has 1 aromatic heterocycles. The summed E-state index contributed by atoms with van der Waals surface area (Å²) >= 11 is 1.70. The minimum Gasteiger partial charge on any atom is -0.493 e. The Hall–Kier alpha value is -1.59. The van der Waals surface area contributed by atoms with Crippen LogP contribution < -0.4 is 14.8 Å². The van der Waals surface area contributed by atoms with Gasteiger partial charge in [0.05, 0.1) is 24.9 Å². The molecule has 0 spiro atoms. The topological polar surface area (TPSA) is 43.4 Å². The summed E-state index contributed by atoms with van der Waals surface area (Å²) in [6.45, 7) is 4.07. The van der Waals surface area contributed by atoms with Crippen molar-refractivity contribution in [2.24, 2.45) is 0 Å². The van der Waals surface area contributed by atoms with Gasteiger partial charge in [0.15, 0.2) is 11.5 Å². The Bertz CT molecular complexity index is 555. The highest BCUT2D eigenvalue weighted by Crippen LogP contribution is 2.32. The van der Waals surface area contributed by atoms with Gasteiger partial charge in [-0.25, -0.2) is 4.98 Å². The number of benzene rings is 1. The van der Waals surface area contributed by atoms with Gasteiger partial charge in [0.1, 0.15) is 0 Å². The van der Waals surface area contributed by atoms with E-state index in [2.05, 4.69) is 22.6 Å². The minimum absolute atomic E-state index is 0.729. The molecule has 0 bridgehead atoms. The highest BCUT2D eigenvalue weighted by Gasteiger charge is 2.09. The summed E-state index contributed by atoms with van der Waals surface area (Å²) in [5.41, 5.74) is 2.04. The zero-order valence-corrected chi connectivity index (χ0v) is 12.9. The lowest BCUT2D eigenvalue weighted by atomic mass is 10.1. The van der Waals surface area contributed by atoms with E-state index in [9.17, 15) is 0 Å². The van der Waals surface area contributed by atoms with E-state index in [1.165, 1.54) is 0 Å². The molecule has 0 atom stereocenters. The number of rotatable bonds is 7. The van der Waals surface area contributed by atoms with Gasteiger partial charge in [0, 0.05) is 23.9 Å². The molecule has 0 aliphatic carbocycles. The second kappa shape index (κ2) is 7.26.